The molecule has 7 nitrogen and oxygen atoms in total. The number of hydrogen-bond acceptors (Lipinski definition) is 5. The van der Waals surface area contributed by atoms with Gasteiger partial charge in [-0.3, -0.25) is 14.9 Å². The zero-order valence-electron chi connectivity index (χ0n) is 13.1. The van der Waals surface area contributed by atoms with Crippen LogP contribution in [0.25, 0.3) is 0 Å². The lowest BCUT2D eigenvalue weighted by molar-refractivity contribution is -0.123. The number of methoxy groups -OCH3 is 1. The van der Waals surface area contributed by atoms with E-state index in [1.165, 1.54) is 7.11 Å². The third-order valence-corrected chi connectivity index (χ3v) is 3.49. The van der Waals surface area contributed by atoms with Gasteiger partial charge >= 0.3 is 0 Å². The summed E-state index contributed by atoms with van der Waals surface area (Å²) in [5, 5.41) is 5.09. The van der Waals surface area contributed by atoms with E-state index in [2.05, 4.69) is 10.6 Å². The van der Waals surface area contributed by atoms with E-state index >= 15 is 0 Å². The molecule has 0 bridgehead atoms. The smallest absolute Gasteiger partial charge is 0.262 e. The topological polar surface area (TPSA) is 103 Å². The SMILES string of the molecule is COc1cc(CNC(=O)C2CC(F)(F)CN2)ccc1OCC(N)=O. The first-order valence-corrected chi connectivity index (χ1v) is 7.28. The number of nitrogens with one attached hydrogen (secondary N) is 2. The fourth-order valence-corrected chi connectivity index (χ4v) is 2.30. The Kier molecular flexibility index (Phi) is 5.55. The lowest BCUT2D eigenvalue weighted by Crippen LogP contribution is -2.40. The Labute approximate surface area is 137 Å². The van der Waals surface area contributed by atoms with Gasteiger partial charge in [0.05, 0.1) is 19.7 Å². The van der Waals surface area contributed by atoms with Crippen molar-refractivity contribution in [1.29, 1.82) is 0 Å². The first-order chi connectivity index (χ1) is 11.3. The van der Waals surface area contributed by atoms with Crippen LogP contribution in [0.5, 0.6) is 11.5 Å². The Bertz CT molecular complexity index is 625. The molecule has 0 aliphatic carbocycles. The molecule has 1 heterocycles. The molecular formula is C15H19F2N3O4. The van der Waals surface area contributed by atoms with Crippen LogP contribution in [0.15, 0.2) is 18.2 Å². The van der Waals surface area contributed by atoms with Crippen molar-refractivity contribution in [3.8, 4) is 11.5 Å². The number of alkyl halides is 2. The van der Waals surface area contributed by atoms with E-state index in [1.807, 2.05) is 0 Å². The number of hydrogen-bond donors (Lipinski definition) is 3. The largest absolute Gasteiger partial charge is 0.493 e. The molecule has 1 aliphatic heterocycles. The van der Waals surface area contributed by atoms with Gasteiger partial charge in [0, 0.05) is 13.0 Å². The molecule has 1 aliphatic rings. The van der Waals surface area contributed by atoms with E-state index in [1.54, 1.807) is 18.2 Å². The highest BCUT2D eigenvalue weighted by molar-refractivity contribution is 5.82. The van der Waals surface area contributed by atoms with E-state index in [0.717, 1.165) is 0 Å². The highest BCUT2D eigenvalue weighted by Gasteiger charge is 2.42. The van der Waals surface area contributed by atoms with Gasteiger partial charge in [-0.1, -0.05) is 6.07 Å². The Morgan fingerprint density at radius 1 is 1.42 bits per heavy atom. The Balaban J connectivity index is 1.93. The van der Waals surface area contributed by atoms with Gasteiger partial charge in [0.1, 0.15) is 0 Å². The van der Waals surface area contributed by atoms with Gasteiger partial charge in [0.15, 0.2) is 18.1 Å². The van der Waals surface area contributed by atoms with E-state index in [4.69, 9.17) is 15.2 Å². The predicted octanol–water partition coefficient (Wildman–Crippen LogP) is 0.173. The zero-order chi connectivity index (χ0) is 17.7. The minimum Gasteiger partial charge on any atom is -0.493 e. The molecule has 4 N–H and O–H groups in total. The monoisotopic (exact) mass is 343 g/mol. The van der Waals surface area contributed by atoms with Crippen LogP contribution in [0, 0.1) is 0 Å². The summed E-state index contributed by atoms with van der Waals surface area (Å²) in [7, 11) is 1.43. The summed E-state index contributed by atoms with van der Waals surface area (Å²) in [6.45, 7) is -0.631. The van der Waals surface area contributed by atoms with Crippen molar-refractivity contribution >= 4 is 11.8 Å². The zero-order valence-corrected chi connectivity index (χ0v) is 13.1. The van der Waals surface area contributed by atoms with Crippen molar-refractivity contribution in [2.24, 2.45) is 5.73 Å². The normalized spacial score (nSPS) is 18.9. The average Bonchev–Trinajstić information content (AvgIpc) is 2.90. The molecule has 0 radical (unpaired) electrons. The van der Waals surface area contributed by atoms with Crippen LogP contribution in [-0.4, -0.2) is 44.0 Å². The summed E-state index contributed by atoms with van der Waals surface area (Å²) in [5.41, 5.74) is 5.70. The van der Waals surface area contributed by atoms with E-state index in [0.29, 0.717) is 17.1 Å². The lowest BCUT2D eigenvalue weighted by atomic mass is 10.1. The number of nitrogens with two attached hydrogens (primary N) is 1. The highest BCUT2D eigenvalue weighted by atomic mass is 19.3. The first-order valence-electron chi connectivity index (χ1n) is 7.28. The lowest BCUT2D eigenvalue weighted by Gasteiger charge is -2.13. The number of ether oxygens (including phenoxy) is 2. The molecule has 2 rings (SSSR count). The van der Waals surface area contributed by atoms with Crippen LogP contribution in [-0.2, 0) is 16.1 Å². The molecular weight excluding hydrogens is 324 g/mol. The third-order valence-electron chi connectivity index (χ3n) is 3.49. The molecule has 1 saturated heterocycles. The molecule has 1 aromatic carbocycles. The van der Waals surface area contributed by atoms with Crippen LogP contribution < -0.4 is 25.8 Å². The second-order valence-corrected chi connectivity index (χ2v) is 5.45. The number of carbonyl (C=O) groups excluding carboxylic acids is 2. The summed E-state index contributed by atoms with van der Waals surface area (Å²) in [5.74, 6) is -3.25. The number of primary amides is 1. The molecule has 1 fully saturated rings. The quantitative estimate of drug-likeness (QED) is 0.655. The van der Waals surface area contributed by atoms with E-state index in [-0.39, 0.29) is 13.2 Å². The predicted molar refractivity (Wildman–Crippen MR) is 80.9 cm³/mol. The van der Waals surface area contributed by atoms with Crippen LogP contribution in [0.4, 0.5) is 8.78 Å². The van der Waals surface area contributed by atoms with Gasteiger partial charge in [0.25, 0.3) is 11.8 Å². The molecule has 1 aromatic rings. The Morgan fingerprint density at radius 2 is 2.17 bits per heavy atom. The third kappa shape index (κ3) is 4.79. The summed E-state index contributed by atoms with van der Waals surface area (Å²) in [6.07, 6.45) is -0.512. The van der Waals surface area contributed by atoms with Crippen molar-refractivity contribution < 1.29 is 27.8 Å². The summed E-state index contributed by atoms with van der Waals surface area (Å²) < 4.78 is 36.5. The van der Waals surface area contributed by atoms with E-state index < -0.39 is 36.7 Å². The minimum atomic E-state index is -2.86. The molecule has 1 atom stereocenters. The summed E-state index contributed by atoms with van der Waals surface area (Å²) >= 11 is 0. The number of halogens is 2. The van der Waals surface area contributed by atoms with Crippen LogP contribution in [0.2, 0.25) is 0 Å². The Hall–Kier alpha value is -2.42. The van der Waals surface area contributed by atoms with Crippen molar-refractivity contribution in [1.82, 2.24) is 10.6 Å². The number of amides is 2. The van der Waals surface area contributed by atoms with Gasteiger partial charge < -0.3 is 20.5 Å². The van der Waals surface area contributed by atoms with Crippen molar-refractivity contribution in [3.63, 3.8) is 0 Å². The van der Waals surface area contributed by atoms with Crippen molar-refractivity contribution in [3.05, 3.63) is 23.8 Å². The number of rotatable bonds is 7. The van der Waals surface area contributed by atoms with Gasteiger partial charge in [-0.25, -0.2) is 8.78 Å². The standard InChI is InChI=1S/C15H19F2N3O4/c1-23-12-4-9(2-3-11(12)24-7-13(18)21)6-19-14(22)10-5-15(16,17)8-20-10/h2-4,10,20H,5-8H2,1H3,(H2,18,21)(H,19,22). The number of benzene rings is 1. The molecule has 0 saturated carbocycles. The van der Waals surface area contributed by atoms with Crippen LogP contribution in [0.3, 0.4) is 0 Å². The second-order valence-electron chi connectivity index (χ2n) is 5.45. The number of carbonyl (C=O) groups is 2. The summed E-state index contributed by atoms with van der Waals surface area (Å²) in [6, 6.07) is 3.95. The molecule has 0 spiro atoms. The van der Waals surface area contributed by atoms with Gasteiger partial charge in [-0.2, -0.15) is 0 Å². The summed E-state index contributed by atoms with van der Waals surface area (Å²) in [4.78, 5) is 22.6. The minimum absolute atomic E-state index is 0.148. The van der Waals surface area contributed by atoms with Gasteiger partial charge in [-0.15, -0.1) is 0 Å². The van der Waals surface area contributed by atoms with E-state index in [9.17, 15) is 18.4 Å². The molecule has 9 heteroatoms. The van der Waals surface area contributed by atoms with Crippen LogP contribution in [0.1, 0.15) is 12.0 Å². The molecule has 0 aromatic heterocycles. The maximum atomic E-state index is 13.1. The van der Waals surface area contributed by atoms with Gasteiger partial charge in [0.2, 0.25) is 5.91 Å². The fraction of sp³-hybridized carbons (Fsp3) is 0.467. The van der Waals surface area contributed by atoms with Crippen LogP contribution >= 0.6 is 0 Å². The second kappa shape index (κ2) is 7.43. The molecule has 132 valence electrons. The Morgan fingerprint density at radius 3 is 2.75 bits per heavy atom. The highest BCUT2D eigenvalue weighted by Crippen LogP contribution is 2.28. The maximum Gasteiger partial charge on any atom is 0.262 e. The molecule has 1 unspecified atom stereocenters. The molecule has 2 amide bonds. The fourth-order valence-electron chi connectivity index (χ4n) is 2.30. The molecule has 24 heavy (non-hydrogen) atoms. The average molecular weight is 343 g/mol. The first kappa shape index (κ1) is 17.9. The maximum absolute atomic E-state index is 13.1. The van der Waals surface area contributed by atoms with Crippen molar-refractivity contribution in [2.75, 3.05) is 20.3 Å². The van der Waals surface area contributed by atoms with Gasteiger partial charge in [-0.05, 0) is 17.7 Å². The van der Waals surface area contributed by atoms with Crippen molar-refractivity contribution in [2.45, 2.75) is 24.9 Å².